The number of Topliss-reactive ketones (excluding diaryl/α,β-unsaturated/α-hetero) is 1. The Morgan fingerprint density at radius 2 is 1.08 bits per heavy atom. The predicted octanol–water partition coefficient (Wildman–Crippen LogP) is 22.8. The molecule has 3 N–H and O–H groups in total. The Balaban J connectivity index is 0.000000252. The molecule has 4 unspecified atom stereocenters. The number of fused-ring (bicyclic) bond motifs is 2. The van der Waals surface area contributed by atoms with Crippen molar-refractivity contribution in [1.29, 1.82) is 0 Å². The molecule has 2 aromatic carbocycles. The Hall–Kier alpha value is -2.59. The zero-order chi connectivity index (χ0) is 82.0. The second kappa shape index (κ2) is 34.5. The van der Waals surface area contributed by atoms with Gasteiger partial charge in [0, 0.05) is 58.8 Å². The van der Waals surface area contributed by atoms with E-state index >= 15 is 0 Å². The van der Waals surface area contributed by atoms with E-state index in [1.54, 1.807) is 0 Å². The number of aliphatic hydroxyl groups is 3. The van der Waals surface area contributed by atoms with Crippen LogP contribution >= 0.6 is 7.14 Å². The highest BCUT2D eigenvalue weighted by molar-refractivity contribution is 7.78. The first-order chi connectivity index (χ1) is 50.5. The normalized spacial score (nSPS) is 31.0. The second-order valence-electron chi connectivity index (χ2n) is 35.9. The molecule has 8 aliphatic carbocycles. The fourth-order valence-corrected chi connectivity index (χ4v) is 23.6. The molecule has 100 heavy (non-hydrogen) atoms. The highest BCUT2D eigenvalue weighted by Gasteiger charge is 2.59. The third kappa shape index (κ3) is 22.7. The number of hydrogen-bond donors (Lipinski definition) is 3. The molecule has 0 aromatic heterocycles. The number of aliphatic hydroxyl groups excluding tert-OH is 2. The fraction of sp³-hybridized carbons (Fsp3) is 0.736. The van der Waals surface area contributed by atoms with E-state index in [9.17, 15) is 24.7 Å². The molecular formula is C87H147O9PSi3. The average molecular weight is 1460 g/mol. The summed E-state index contributed by atoms with van der Waals surface area (Å²) >= 11 is 0. The topological polar surface area (TPSA) is 132 Å². The van der Waals surface area contributed by atoms with Crippen molar-refractivity contribution in [3.05, 3.63) is 119 Å². The zero-order valence-electron chi connectivity index (χ0n) is 75.4. The number of carbonyl (C=O) groups excluding carboxylic acids is 1. The first-order valence-electron chi connectivity index (χ1n) is 44.0. The molecule has 8 atom stereocenters. The molecule has 9 nitrogen and oxygen atoms in total. The van der Waals surface area contributed by atoms with Crippen LogP contribution in [-0.4, -0.2) is 101 Å². The van der Waals surface area contributed by atoms with Gasteiger partial charge in [-0.3, -0.25) is 4.79 Å². The van der Waals surface area contributed by atoms with Gasteiger partial charge in [0.05, 0.1) is 35.6 Å². The second-order valence-corrected chi connectivity index (χ2v) is 52.7. The van der Waals surface area contributed by atoms with Crippen LogP contribution in [0.1, 0.15) is 281 Å². The lowest BCUT2D eigenvalue weighted by atomic mass is 9.61. The molecule has 0 bridgehead atoms. The van der Waals surface area contributed by atoms with Crippen LogP contribution in [0, 0.1) is 33.5 Å². The molecular weight excluding hydrogens is 1300 g/mol. The molecule has 9 aliphatic rings. The van der Waals surface area contributed by atoms with E-state index in [0.717, 1.165) is 126 Å². The Morgan fingerprint density at radius 1 is 0.610 bits per heavy atom. The average Bonchev–Trinajstić information content (AvgIpc) is 1.55. The van der Waals surface area contributed by atoms with Crippen LogP contribution in [0.3, 0.4) is 0 Å². The maximum atomic E-state index is 14.6. The molecule has 1 aliphatic heterocycles. The highest BCUT2D eigenvalue weighted by atomic mass is 31.2. The van der Waals surface area contributed by atoms with Gasteiger partial charge in [-0.05, 0) is 271 Å². The van der Waals surface area contributed by atoms with Crippen LogP contribution in [-0.2, 0) is 27.4 Å². The number of carbonyl (C=O) groups is 1. The molecule has 1 saturated heterocycles. The van der Waals surface area contributed by atoms with E-state index in [0.29, 0.717) is 62.8 Å². The molecule has 0 spiro atoms. The van der Waals surface area contributed by atoms with E-state index in [2.05, 4.69) is 112 Å². The predicted molar refractivity (Wildman–Crippen MR) is 433 cm³/mol. The number of ketones is 1. The van der Waals surface area contributed by atoms with Gasteiger partial charge in [0.15, 0.2) is 25.0 Å². The third-order valence-corrected chi connectivity index (χ3v) is 37.6. The number of hydrogen-bond acceptors (Lipinski definition) is 9. The van der Waals surface area contributed by atoms with E-state index in [1.807, 2.05) is 80.3 Å². The summed E-state index contributed by atoms with van der Waals surface area (Å²) in [5.74, 6) is 0.881. The van der Waals surface area contributed by atoms with E-state index in [4.69, 9.17) is 34.5 Å². The number of allylic oxidation sites excluding steroid dienone is 8. The maximum absolute atomic E-state index is 14.6. The molecule has 0 radical (unpaired) electrons. The van der Waals surface area contributed by atoms with Gasteiger partial charge in [-0.15, -0.1) is 0 Å². The Morgan fingerprint density at radius 3 is 1.52 bits per heavy atom. The molecule has 2 aromatic rings. The smallest absolute Gasteiger partial charge is 0.192 e. The van der Waals surface area contributed by atoms with Crippen LogP contribution in [0.15, 0.2) is 119 Å². The van der Waals surface area contributed by atoms with Crippen molar-refractivity contribution in [2.24, 2.45) is 33.5 Å². The Labute approximate surface area is 632 Å². The molecule has 566 valence electrons. The van der Waals surface area contributed by atoms with Gasteiger partial charge < -0.3 is 37.9 Å². The first-order valence-corrected chi connectivity index (χ1v) is 49.1. The standard InChI is InChI=1S/C32H51O3PSi2.C27H42O3.C22H38O2Si.C4H8O.2CH4/c1-31(2,3)37(7,8)34-27-23-26(24-28(25-27)35-38(9,10)32(4,5)6)21-22-36(33,29-17-13-11-14-18-29)30-19-15-12-16-20-30;1-25(2,30)11-5-13-27(14-15-27)24-10-9-23-20(6-4-12-26(23,24)3)8-7-19-16-21(28)18-22(29)17-19;1-20(2,24-25(4,5)6)12-8-14-22(15-16-22)19-11-10-17-18(23)9-7-13-21(17,19)3;1-2-4-5-3-1;;/h11-21,27-28H,22-25H2,1-10H3;7-8,10,21-23,28-30H,4-6,9,11-18H2,1-3H3;11,17H,7-10,12-16H2,1-6H3;1-4H2;2*1H4/b;19-7?,20-8+;;;;/t27-,28?;21-,22?,23?,26+;17?,21-;;;/m110.../s1/i;2*1D3,2D3;;;. The van der Waals surface area contributed by atoms with Crippen molar-refractivity contribution in [2.45, 2.75) is 356 Å². The third-order valence-electron chi connectivity index (χ3n) is 24.6. The molecule has 13 heteroatoms. The van der Waals surface area contributed by atoms with Crippen LogP contribution in [0.2, 0.25) is 55.9 Å². The summed E-state index contributed by atoms with van der Waals surface area (Å²) in [6.07, 6.45) is 32.0. The lowest BCUT2D eigenvalue weighted by Crippen LogP contribution is -2.48. The quantitative estimate of drug-likeness (QED) is 0.0635. The van der Waals surface area contributed by atoms with Crippen LogP contribution in [0.25, 0.3) is 0 Å². The molecule has 1 heterocycles. The minimum atomic E-state index is -2.96. The summed E-state index contributed by atoms with van der Waals surface area (Å²) in [6, 6.07) is 20.0. The van der Waals surface area contributed by atoms with Crippen LogP contribution in [0.4, 0.5) is 0 Å². The van der Waals surface area contributed by atoms with Crippen LogP contribution in [0.5, 0.6) is 0 Å². The summed E-state index contributed by atoms with van der Waals surface area (Å²) in [5, 5.41) is 32.8. The zero-order valence-corrected chi connectivity index (χ0v) is 67.3. The SMILES string of the molecule is C.C.C1CCOC1.CC(C)(C)[Si](C)(C)OC1CC(=CCP(=O)(c2ccccc2)c2ccccc2)C[C@@H](O[Si](C)(C)C(C)(C)C)C1.[2H]C([2H])([2H])C(CCCC1(C2=CCC3C(=O)CCC[C@]23C)CC1)(O[Si](C)(C)C)C([2H])([2H])[2H].[2H]C([2H])([2H])C(O)(CCCC1(C2=CCC3/C(=C/C=C4CC(O)C[C@H](O)C4)CCC[C@]23C)CC1)C([2H])([2H])[2H]. The molecule has 0 amide bonds. The van der Waals surface area contributed by atoms with Crippen molar-refractivity contribution in [3.8, 4) is 0 Å². The van der Waals surface area contributed by atoms with Crippen molar-refractivity contribution in [1.82, 2.24) is 0 Å². The van der Waals surface area contributed by atoms with Crippen molar-refractivity contribution in [2.75, 3.05) is 19.4 Å². The van der Waals surface area contributed by atoms with Gasteiger partial charge in [-0.1, -0.05) is 189 Å². The van der Waals surface area contributed by atoms with E-state index in [-0.39, 0.29) is 77.6 Å². The molecule has 11 rings (SSSR count). The van der Waals surface area contributed by atoms with Crippen molar-refractivity contribution in [3.63, 3.8) is 0 Å². The largest absolute Gasteiger partial charge is 0.414 e. The minimum Gasteiger partial charge on any atom is -0.414 e. The van der Waals surface area contributed by atoms with Crippen molar-refractivity contribution >= 4 is 48.5 Å². The van der Waals surface area contributed by atoms with Gasteiger partial charge in [0.2, 0.25) is 0 Å². The summed E-state index contributed by atoms with van der Waals surface area (Å²) in [6.45, 7) is 23.9. The maximum Gasteiger partial charge on any atom is 0.192 e. The Bertz CT molecular complexity index is 3500. The summed E-state index contributed by atoms with van der Waals surface area (Å²) in [7, 11) is -9.11. The molecule has 6 saturated carbocycles. The lowest BCUT2D eigenvalue weighted by Gasteiger charge is -2.45. The monoisotopic (exact) mass is 1460 g/mol. The molecule has 7 fully saturated rings. The summed E-state index contributed by atoms with van der Waals surface area (Å²) in [4.78, 5) is 12.5. The first kappa shape index (κ1) is 69.2. The van der Waals surface area contributed by atoms with Gasteiger partial charge >= 0.3 is 0 Å². The van der Waals surface area contributed by atoms with E-state index in [1.165, 1.54) is 35.1 Å². The lowest BCUT2D eigenvalue weighted by molar-refractivity contribution is -0.128. The van der Waals surface area contributed by atoms with Crippen molar-refractivity contribution < 1.29 is 59.1 Å². The number of benzene rings is 2. The van der Waals surface area contributed by atoms with Gasteiger partial charge in [0.25, 0.3) is 0 Å². The number of rotatable bonds is 21. The Kier molecular flexibility index (Phi) is 23.9. The highest BCUT2D eigenvalue weighted by Crippen LogP contribution is 2.69. The van der Waals surface area contributed by atoms with Gasteiger partial charge in [-0.25, -0.2) is 0 Å². The fourth-order valence-electron chi connectivity index (χ4n) is 17.2. The summed E-state index contributed by atoms with van der Waals surface area (Å²) < 4.78 is 134. The van der Waals surface area contributed by atoms with Crippen LogP contribution < -0.4 is 10.6 Å². The summed E-state index contributed by atoms with van der Waals surface area (Å²) in [5.41, 5.74) is 1.84. The van der Waals surface area contributed by atoms with Gasteiger partial charge in [0.1, 0.15) is 12.9 Å². The van der Waals surface area contributed by atoms with E-state index < -0.39 is 82.9 Å². The minimum absolute atomic E-state index is 0. The number of ether oxygens (including phenoxy) is 1. The van der Waals surface area contributed by atoms with Gasteiger partial charge in [-0.2, -0.15) is 0 Å².